The number of rotatable bonds is 8. The molecule has 0 aliphatic rings. The largest absolute Gasteiger partial charge is 0.309 e. The molecule has 0 spiro atoms. The third-order valence-electron chi connectivity index (χ3n) is 3.31. The molecular formula is C16H27FN2. The minimum Gasteiger partial charge on any atom is -0.309 e. The van der Waals surface area contributed by atoms with E-state index in [0.29, 0.717) is 5.92 Å². The normalized spacial score (nSPS) is 13.2. The Morgan fingerprint density at radius 2 is 1.95 bits per heavy atom. The van der Waals surface area contributed by atoms with Crippen molar-refractivity contribution < 1.29 is 4.39 Å². The molecule has 1 rings (SSSR count). The van der Waals surface area contributed by atoms with Gasteiger partial charge in [-0.05, 0) is 38.5 Å². The first-order valence-corrected chi connectivity index (χ1v) is 7.21. The Bertz CT molecular complexity index is 366. The van der Waals surface area contributed by atoms with Crippen molar-refractivity contribution in [3.8, 4) is 0 Å². The van der Waals surface area contributed by atoms with Crippen molar-refractivity contribution in [2.24, 2.45) is 5.92 Å². The maximum absolute atomic E-state index is 13.9. The maximum Gasteiger partial charge on any atom is 0.128 e. The highest BCUT2D eigenvalue weighted by Gasteiger charge is 2.16. The highest BCUT2D eigenvalue weighted by Crippen LogP contribution is 2.18. The predicted octanol–water partition coefficient (Wildman–Crippen LogP) is 3.45. The van der Waals surface area contributed by atoms with E-state index in [1.165, 1.54) is 12.5 Å². The lowest BCUT2D eigenvalue weighted by Crippen LogP contribution is -2.34. The third kappa shape index (κ3) is 5.70. The Morgan fingerprint density at radius 3 is 2.53 bits per heavy atom. The fourth-order valence-electron chi connectivity index (χ4n) is 2.16. The van der Waals surface area contributed by atoms with Crippen LogP contribution in [0.5, 0.6) is 0 Å². The van der Waals surface area contributed by atoms with Crippen LogP contribution in [0.3, 0.4) is 0 Å². The van der Waals surface area contributed by atoms with Crippen LogP contribution in [0.2, 0.25) is 0 Å². The molecular weight excluding hydrogens is 239 g/mol. The predicted molar refractivity (Wildman–Crippen MR) is 79.8 cm³/mol. The standard InChI is InChI=1S/C16H27FN2/c1-5-18-16(12-19(4)11-10-13(2)3)14-8-6-7-9-15(14)17/h6-9,13,16,18H,5,10-12H2,1-4H3. The van der Waals surface area contributed by atoms with Crippen molar-refractivity contribution >= 4 is 0 Å². The molecule has 3 heteroatoms. The van der Waals surface area contributed by atoms with E-state index in [2.05, 4.69) is 38.0 Å². The lowest BCUT2D eigenvalue weighted by molar-refractivity contribution is 0.273. The minimum absolute atomic E-state index is 0.0587. The number of nitrogens with zero attached hydrogens (tertiary/aromatic N) is 1. The van der Waals surface area contributed by atoms with Gasteiger partial charge in [0.05, 0.1) is 0 Å². The van der Waals surface area contributed by atoms with Gasteiger partial charge in [0, 0.05) is 18.2 Å². The SMILES string of the molecule is CCNC(CN(C)CCC(C)C)c1ccccc1F. The van der Waals surface area contributed by atoms with Crippen LogP contribution in [0.1, 0.15) is 38.8 Å². The summed E-state index contributed by atoms with van der Waals surface area (Å²) in [5.74, 6) is 0.583. The summed E-state index contributed by atoms with van der Waals surface area (Å²) in [4.78, 5) is 2.28. The van der Waals surface area contributed by atoms with Gasteiger partial charge in [0.25, 0.3) is 0 Å². The van der Waals surface area contributed by atoms with Crippen LogP contribution in [0, 0.1) is 11.7 Å². The summed E-state index contributed by atoms with van der Waals surface area (Å²) in [6.45, 7) is 9.24. The Hall–Kier alpha value is -0.930. The molecule has 0 saturated carbocycles. The highest BCUT2D eigenvalue weighted by atomic mass is 19.1. The minimum atomic E-state index is -0.120. The first-order valence-electron chi connectivity index (χ1n) is 7.21. The van der Waals surface area contributed by atoms with Gasteiger partial charge in [0.15, 0.2) is 0 Å². The van der Waals surface area contributed by atoms with Crippen LogP contribution in [0.15, 0.2) is 24.3 Å². The Morgan fingerprint density at radius 1 is 1.26 bits per heavy atom. The van der Waals surface area contributed by atoms with Gasteiger partial charge in [-0.3, -0.25) is 0 Å². The second-order valence-corrected chi connectivity index (χ2v) is 5.58. The van der Waals surface area contributed by atoms with Crippen molar-refractivity contribution in [2.75, 3.05) is 26.7 Å². The molecule has 1 aromatic carbocycles. The molecule has 0 bridgehead atoms. The van der Waals surface area contributed by atoms with E-state index in [9.17, 15) is 4.39 Å². The van der Waals surface area contributed by atoms with Crippen LogP contribution >= 0.6 is 0 Å². The average molecular weight is 266 g/mol. The van der Waals surface area contributed by atoms with Crippen molar-refractivity contribution in [3.63, 3.8) is 0 Å². The smallest absolute Gasteiger partial charge is 0.128 e. The van der Waals surface area contributed by atoms with Gasteiger partial charge in [-0.1, -0.05) is 39.0 Å². The molecule has 0 radical (unpaired) electrons. The molecule has 0 saturated heterocycles. The Balaban J connectivity index is 2.65. The van der Waals surface area contributed by atoms with Gasteiger partial charge < -0.3 is 10.2 Å². The van der Waals surface area contributed by atoms with Crippen LogP contribution in [0.25, 0.3) is 0 Å². The molecule has 1 N–H and O–H groups in total. The fourth-order valence-corrected chi connectivity index (χ4v) is 2.16. The molecule has 0 fully saturated rings. The average Bonchev–Trinajstić information content (AvgIpc) is 2.36. The van der Waals surface area contributed by atoms with Crippen LogP contribution in [0.4, 0.5) is 4.39 Å². The molecule has 19 heavy (non-hydrogen) atoms. The van der Waals surface area contributed by atoms with Crippen molar-refractivity contribution in [1.29, 1.82) is 0 Å². The number of halogens is 1. The molecule has 0 aromatic heterocycles. The van der Waals surface area contributed by atoms with E-state index >= 15 is 0 Å². The van der Waals surface area contributed by atoms with Crippen LogP contribution in [-0.4, -0.2) is 31.6 Å². The first kappa shape index (κ1) is 16.1. The lowest BCUT2D eigenvalue weighted by atomic mass is 10.0. The topological polar surface area (TPSA) is 15.3 Å². The summed E-state index contributed by atoms with van der Waals surface area (Å²) in [6, 6.07) is 7.11. The molecule has 0 heterocycles. The zero-order chi connectivity index (χ0) is 14.3. The number of hydrogen-bond acceptors (Lipinski definition) is 2. The second kappa shape index (κ2) is 8.28. The van der Waals surface area contributed by atoms with E-state index in [0.717, 1.165) is 25.2 Å². The molecule has 0 aliphatic heterocycles. The first-order chi connectivity index (χ1) is 9.04. The fraction of sp³-hybridized carbons (Fsp3) is 0.625. The molecule has 1 aromatic rings. The monoisotopic (exact) mass is 266 g/mol. The van der Waals surface area contributed by atoms with Gasteiger partial charge in [-0.25, -0.2) is 4.39 Å². The van der Waals surface area contributed by atoms with Crippen molar-refractivity contribution in [1.82, 2.24) is 10.2 Å². The second-order valence-electron chi connectivity index (χ2n) is 5.58. The van der Waals surface area contributed by atoms with E-state index in [4.69, 9.17) is 0 Å². The van der Waals surface area contributed by atoms with Gasteiger partial charge in [0.1, 0.15) is 5.82 Å². The quantitative estimate of drug-likeness (QED) is 0.775. The summed E-state index contributed by atoms with van der Waals surface area (Å²) >= 11 is 0. The molecule has 0 aliphatic carbocycles. The summed E-state index contributed by atoms with van der Waals surface area (Å²) < 4.78 is 13.9. The summed E-state index contributed by atoms with van der Waals surface area (Å²) in [7, 11) is 2.10. The van der Waals surface area contributed by atoms with Crippen molar-refractivity contribution in [3.05, 3.63) is 35.6 Å². The Kier molecular flexibility index (Phi) is 7.03. The maximum atomic E-state index is 13.9. The zero-order valence-electron chi connectivity index (χ0n) is 12.6. The number of benzene rings is 1. The van der Waals surface area contributed by atoms with E-state index < -0.39 is 0 Å². The molecule has 1 unspecified atom stereocenters. The van der Waals surface area contributed by atoms with Gasteiger partial charge in [-0.15, -0.1) is 0 Å². The number of hydrogen-bond donors (Lipinski definition) is 1. The van der Waals surface area contributed by atoms with E-state index in [-0.39, 0.29) is 11.9 Å². The third-order valence-corrected chi connectivity index (χ3v) is 3.31. The van der Waals surface area contributed by atoms with E-state index in [1.807, 2.05) is 12.1 Å². The van der Waals surface area contributed by atoms with E-state index in [1.54, 1.807) is 6.07 Å². The van der Waals surface area contributed by atoms with Gasteiger partial charge >= 0.3 is 0 Å². The molecule has 2 nitrogen and oxygen atoms in total. The number of nitrogens with one attached hydrogen (secondary N) is 1. The summed E-state index contributed by atoms with van der Waals surface area (Å²) in [5.41, 5.74) is 0.765. The van der Waals surface area contributed by atoms with Gasteiger partial charge in [-0.2, -0.15) is 0 Å². The van der Waals surface area contributed by atoms with Gasteiger partial charge in [0.2, 0.25) is 0 Å². The zero-order valence-corrected chi connectivity index (χ0v) is 12.6. The summed E-state index contributed by atoms with van der Waals surface area (Å²) in [6.07, 6.45) is 1.17. The Labute approximate surface area is 117 Å². The summed E-state index contributed by atoms with van der Waals surface area (Å²) in [5, 5.41) is 3.38. The van der Waals surface area contributed by atoms with Crippen LogP contribution < -0.4 is 5.32 Å². The lowest BCUT2D eigenvalue weighted by Gasteiger charge is -2.26. The van der Waals surface area contributed by atoms with Crippen molar-refractivity contribution in [2.45, 2.75) is 33.2 Å². The van der Waals surface area contributed by atoms with Crippen LogP contribution in [-0.2, 0) is 0 Å². The molecule has 1 atom stereocenters. The number of likely N-dealkylation sites (N-methyl/N-ethyl adjacent to an activating group) is 2. The highest BCUT2D eigenvalue weighted by molar-refractivity contribution is 5.21. The molecule has 108 valence electrons. The molecule has 0 amide bonds.